The van der Waals surface area contributed by atoms with Gasteiger partial charge in [0, 0.05) is 32.7 Å². The molecule has 0 saturated carbocycles. The number of aromatic nitrogens is 1. The van der Waals surface area contributed by atoms with Crippen LogP contribution in [0.2, 0.25) is 0 Å². The molecule has 1 aliphatic heterocycles. The predicted octanol–water partition coefficient (Wildman–Crippen LogP) is 12.4. The summed E-state index contributed by atoms with van der Waals surface area (Å²) < 4.78 is 9.38. The van der Waals surface area contributed by atoms with E-state index in [2.05, 4.69) is 197 Å². The normalized spacial score (nSPS) is 15.7. The zero-order chi connectivity index (χ0) is 37.0. The average Bonchev–Trinajstić information content (AvgIpc) is 3.83. The van der Waals surface area contributed by atoms with Crippen molar-refractivity contribution in [1.82, 2.24) is 15.2 Å². The Morgan fingerprint density at radius 3 is 1.68 bits per heavy atom. The Morgan fingerprint density at radius 1 is 0.482 bits per heavy atom. The molecule has 2 unspecified atom stereocenters. The molecule has 1 aliphatic rings. The Labute approximate surface area is 324 Å². The Hall–Kier alpha value is -7.21. The van der Waals surface area contributed by atoms with Gasteiger partial charge in [0.15, 0.2) is 5.58 Å². The quantitative estimate of drug-likeness (QED) is 0.180. The zero-order valence-corrected chi connectivity index (χ0v) is 30.4. The van der Waals surface area contributed by atoms with Crippen LogP contribution in [-0.4, -0.2) is 10.4 Å². The fourth-order valence-corrected chi connectivity index (χ4v) is 8.44. The first kappa shape index (κ1) is 32.2. The van der Waals surface area contributed by atoms with Gasteiger partial charge < -0.3 is 14.3 Å². The summed E-state index contributed by atoms with van der Waals surface area (Å²) in [5, 5.41) is 12.1. The van der Waals surface area contributed by atoms with Crippen molar-refractivity contribution in [3.05, 3.63) is 211 Å². The van der Waals surface area contributed by atoms with Gasteiger partial charge in [-0.3, -0.25) is 5.32 Å². The second-order valence-corrected chi connectivity index (χ2v) is 14.4. The molecule has 0 saturated heterocycles. The van der Waals surface area contributed by atoms with Crippen molar-refractivity contribution < 1.29 is 4.42 Å². The van der Waals surface area contributed by atoms with E-state index >= 15 is 0 Å². The minimum Gasteiger partial charge on any atom is -0.454 e. The van der Waals surface area contributed by atoms with E-state index in [0.29, 0.717) is 0 Å². The third-order valence-corrected chi connectivity index (χ3v) is 11.1. The van der Waals surface area contributed by atoms with Gasteiger partial charge in [0.05, 0.1) is 16.7 Å². The summed E-state index contributed by atoms with van der Waals surface area (Å²) in [5.41, 5.74) is 12.9. The minimum absolute atomic E-state index is 0.239. The maximum atomic E-state index is 6.98. The van der Waals surface area contributed by atoms with Crippen LogP contribution in [0.15, 0.2) is 204 Å². The van der Waals surface area contributed by atoms with Gasteiger partial charge in [0.1, 0.15) is 23.8 Å². The van der Waals surface area contributed by atoms with Crippen molar-refractivity contribution in [3.8, 4) is 27.9 Å². The summed E-state index contributed by atoms with van der Waals surface area (Å²) in [6.45, 7) is 0. The lowest BCUT2D eigenvalue weighted by molar-refractivity contribution is 0.411. The number of hydrogen-bond acceptors (Lipinski definition) is 4. The van der Waals surface area contributed by atoms with E-state index in [1.165, 1.54) is 33.0 Å². The molecule has 3 heterocycles. The first-order valence-corrected chi connectivity index (χ1v) is 19.1. The van der Waals surface area contributed by atoms with Crippen LogP contribution in [0.5, 0.6) is 0 Å². The van der Waals surface area contributed by atoms with E-state index in [9.17, 15) is 0 Å². The largest absolute Gasteiger partial charge is 0.454 e. The second-order valence-electron chi connectivity index (χ2n) is 14.4. The molecule has 56 heavy (non-hydrogen) atoms. The van der Waals surface area contributed by atoms with Crippen molar-refractivity contribution in [1.29, 1.82) is 0 Å². The van der Waals surface area contributed by atoms with Gasteiger partial charge in [-0.1, -0.05) is 170 Å². The third-order valence-electron chi connectivity index (χ3n) is 11.1. The molecule has 11 rings (SSSR count). The number of amidine groups is 1. The van der Waals surface area contributed by atoms with E-state index in [4.69, 9.17) is 9.41 Å². The molecular formula is C51H36N4O. The van der Waals surface area contributed by atoms with E-state index in [1.54, 1.807) is 0 Å². The molecule has 0 amide bonds. The van der Waals surface area contributed by atoms with Crippen molar-refractivity contribution in [2.75, 3.05) is 0 Å². The van der Waals surface area contributed by atoms with Crippen LogP contribution in [0.1, 0.15) is 29.0 Å². The molecule has 5 nitrogen and oxygen atoms in total. The number of para-hydroxylation sites is 1. The second kappa shape index (κ2) is 13.3. The SMILES string of the molecule is c1ccc(C2=NC(c3ccccc3)NC(c3cccc4oc5c(-n6c7cc(-c8ccccc8)ccc7c7ccc(-c8ccccc8)cc76)cccc5c34)N2)cc1. The number of nitrogens with zero attached hydrogens (tertiary/aromatic N) is 2. The highest BCUT2D eigenvalue weighted by Gasteiger charge is 2.28. The Bertz CT molecular complexity index is 2980. The van der Waals surface area contributed by atoms with Crippen LogP contribution in [-0.2, 0) is 0 Å². The Morgan fingerprint density at radius 2 is 1.05 bits per heavy atom. The molecule has 0 spiro atoms. The van der Waals surface area contributed by atoms with Gasteiger partial charge in [0.2, 0.25) is 0 Å². The third kappa shape index (κ3) is 5.40. The Balaban J connectivity index is 1.12. The van der Waals surface area contributed by atoms with E-state index in [1.807, 2.05) is 12.1 Å². The fourth-order valence-electron chi connectivity index (χ4n) is 8.44. The van der Waals surface area contributed by atoms with Crippen LogP contribution >= 0.6 is 0 Å². The van der Waals surface area contributed by atoms with Gasteiger partial charge in [0.25, 0.3) is 0 Å². The highest BCUT2D eigenvalue weighted by atomic mass is 16.3. The number of aliphatic imine (C=N–C) groups is 1. The van der Waals surface area contributed by atoms with Crippen LogP contribution in [0, 0.1) is 0 Å². The summed E-state index contributed by atoms with van der Waals surface area (Å²) >= 11 is 0. The van der Waals surface area contributed by atoms with Gasteiger partial charge in [-0.25, -0.2) is 4.99 Å². The number of rotatable bonds is 6. The molecule has 0 fully saturated rings. The zero-order valence-electron chi connectivity index (χ0n) is 30.4. The van der Waals surface area contributed by atoms with Crippen LogP contribution in [0.3, 0.4) is 0 Å². The summed E-state index contributed by atoms with van der Waals surface area (Å²) in [7, 11) is 0. The van der Waals surface area contributed by atoms with Gasteiger partial charge in [-0.2, -0.15) is 0 Å². The van der Waals surface area contributed by atoms with Crippen molar-refractivity contribution in [2.24, 2.45) is 4.99 Å². The molecule has 5 heteroatoms. The number of furan rings is 1. The Kier molecular flexibility index (Phi) is 7.64. The molecule has 2 atom stereocenters. The molecule has 266 valence electrons. The monoisotopic (exact) mass is 720 g/mol. The molecule has 2 N–H and O–H groups in total. The molecule has 2 aromatic heterocycles. The van der Waals surface area contributed by atoms with Crippen LogP contribution in [0.25, 0.3) is 71.7 Å². The lowest BCUT2D eigenvalue weighted by atomic mass is 10.0. The average molecular weight is 721 g/mol. The fraction of sp³-hybridized carbons (Fsp3) is 0.0392. The maximum absolute atomic E-state index is 6.98. The van der Waals surface area contributed by atoms with Gasteiger partial charge in [-0.15, -0.1) is 0 Å². The highest BCUT2D eigenvalue weighted by Crippen LogP contribution is 2.42. The van der Waals surface area contributed by atoms with E-state index in [-0.39, 0.29) is 12.3 Å². The number of benzene rings is 8. The van der Waals surface area contributed by atoms with Gasteiger partial charge >= 0.3 is 0 Å². The molecule has 0 aliphatic carbocycles. The predicted molar refractivity (Wildman–Crippen MR) is 230 cm³/mol. The first-order valence-electron chi connectivity index (χ1n) is 19.1. The van der Waals surface area contributed by atoms with Crippen molar-refractivity contribution in [3.63, 3.8) is 0 Å². The minimum atomic E-state index is -0.240. The molecule has 10 aromatic rings. The van der Waals surface area contributed by atoms with E-state index < -0.39 is 0 Å². The van der Waals surface area contributed by atoms with Crippen molar-refractivity contribution in [2.45, 2.75) is 12.3 Å². The van der Waals surface area contributed by atoms with Gasteiger partial charge in [-0.05, 0) is 52.1 Å². The number of fused-ring (bicyclic) bond motifs is 6. The lowest BCUT2D eigenvalue weighted by Crippen LogP contribution is -2.45. The lowest BCUT2D eigenvalue weighted by Gasteiger charge is -2.32. The van der Waals surface area contributed by atoms with Crippen molar-refractivity contribution >= 4 is 49.6 Å². The molecule has 0 bridgehead atoms. The maximum Gasteiger partial charge on any atom is 0.159 e. The summed E-state index contributed by atoms with van der Waals surface area (Å²) in [6, 6.07) is 68.6. The standard InChI is InChI=1S/C51H36N4O/c1-5-15-33(16-6-1)37-27-29-39-40-30-28-38(34-17-7-2-8-18-34)32-45(40)55(44(39)31-37)43-25-13-23-41-47-42(24-14-26-46(47)56-48(41)43)51-53-49(35-19-9-3-10-20-35)52-50(54-51)36-21-11-4-12-22-36/h1-32,49,51,53H,(H,52,54). The summed E-state index contributed by atoms with van der Waals surface area (Å²) in [4.78, 5) is 5.16. The topological polar surface area (TPSA) is 54.5 Å². The summed E-state index contributed by atoms with van der Waals surface area (Å²) in [6.07, 6.45) is -0.479. The number of hydrogen-bond donors (Lipinski definition) is 2. The first-order chi connectivity index (χ1) is 27.8. The van der Waals surface area contributed by atoms with E-state index in [0.717, 1.165) is 61.2 Å². The van der Waals surface area contributed by atoms with Crippen LogP contribution in [0.4, 0.5) is 0 Å². The molecule has 8 aromatic carbocycles. The smallest absolute Gasteiger partial charge is 0.159 e. The number of nitrogens with one attached hydrogen (secondary N) is 2. The summed E-state index contributed by atoms with van der Waals surface area (Å²) in [5.74, 6) is 0.849. The molecule has 0 radical (unpaired) electrons. The molecular weight excluding hydrogens is 685 g/mol. The van der Waals surface area contributed by atoms with Crippen LogP contribution < -0.4 is 10.6 Å². The highest BCUT2D eigenvalue weighted by molar-refractivity contribution is 6.14.